The highest BCUT2D eigenvalue weighted by atomic mass is 32.1. The van der Waals surface area contributed by atoms with Crippen molar-refractivity contribution in [1.29, 1.82) is 0 Å². The third kappa shape index (κ3) is 3.53. The Morgan fingerprint density at radius 2 is 2.21 bits per heavy atom. The van der Waals surface area contributed by atoms with Crippen LogP contribution in [0, 0.1) is 0 Å². The fourth-order valence-electron chi connectivity index (χ4n) is 3.10. The zero-order valence-electron chi connectivity index (χ0n) is 13.5. The Balaban J connectivity index is 1.45. The molecule has 128 valence electrons. The highest BCUT2D eigenvalue weighted by Gasteiger charge is 2.19. The summed E-state index contributed by atoms with van der Waals surface area (Å²) in [5.41, 5.74) is 1.79. The van der Waals surface area contributed by atoms with Gasteiger partial charge < -0.3 is 19.7 Å². The van der Waals surface area contributed by atoms with Gasteiger partial charge in [0.25, 0.3) is 0 Å². The van der Waals surface area contributed by atoms with Crippen molar-refractivity contribution >= 4 is 38.3 Å². The van der Waals surface area contributed by atoms with Crippen LogP contribution in [0.3, 0.4) is 0 Å². The van der Waals surface area contributed by atoms with E-state index >= 15 is 0 Å². The molecule has 2 aliphatic heterocycles. The molecule has 2 aromatic rings. The molecule has 7 heteroatoms. The highest BCUT2D eigenvalue weighted by Crippen LogP contribution is 2.31. The Labute approximate surface area is 144 Å². The van der Waals surface area contributed by atoms with Crippen molar-refractivity contribution in [3.8, 4) is 0 Å². The summed E-state index contributed by atoms with van der Waals surface area (Å²) in [7, 11) is 0. The molecule has 1 aromatic heterocycles. The third-order valence-electron chi connectivity index (χ3n) is 4.38. The maximum atomic E-state index is 12.1. The van der Waals surface area contributed by atoms with Crippen molar-refractivity contribution in [1.82, 2.24) is 4.98 Å². The number of carbonyl (C=O) groups is 1. The van der Waals surface area contributed by atoms with E-state index in [0.717, 1.165) is 66.8 Å². The molecule has 2 saturated heterocycles. The minimum atomic E-state index is 0.0131. The molecule has 1 amide bonds. The molecule has 1 atom stereocenters. The fraction of sp³-hybridized carbons (Fsp3) is 0.529. The quantitative estimate of drug-likeness (QED) is 0.921. The van der Waals surface area contributed by atoms with Crippen molar-refractivity contribution in [2.45, 2.75) is 25.4 Å². The van der Waals surface area contributed by atoms with Gasteiger partial charge in [0, 0.05) is 25.4 Å². The molecular weight excluding hydrogens is 326 g/mol. The number of amides is 1. The summed E-state index contributed by atoms with van der Waals surface area (Å²) in [5.74, 6) is 0.0131. The minimum Gasteiger partial charge on any atom is -0.378 e. The lowest BCUT2D eigenvalue weighted by molar-refractivity contribution is -0.118. The maximum Gasteiger partial charge on any atom is 0.226 e. The number of aromatic nitrogens is 1. The number of ether oxygens (including phenoxy) is 2. The number of fused-ring (bicyclic) bond motifs is 1. The first-order valence-electron chi connectivity index (χ1n) is 8.43. The van der Waals surface area contributed by atoms with Gasteiger partial charge in [0.15, 0.2) is 5.13 Å². The fourth-order valence-corrected chi connectivity index (χ4v) is 4.16. The Hall–Kier alpha value is -1.70. The van der Waals surface area contributed by atoms with Gasteiger partial charge in [-0.1, -0.05) is 11.3 Å². The third-order valence-corrected chi connectivity index (χ3v) is 5.46. The monoisotopic (exact) mass is 347 g/mol. The van der Waals surface area contributed by atoms with Gasteiger partial charge in [-0.2, -0.15) is 0 Å². The van der Waals surface area contributed by atoms with Gasteiger partial charge in [0.2, 0.25) is 5.91 Å². The summed E-state index contributed by atoms with van der Waals surface area (Å²) in [6.45, 7) is 4.03. The first-order chi connectivity index (χ1) is 11.8. The Morgan fingerprint density at radius 1 is 1.33 bits per heavy atom. The topological polar surface area (TPSA) is 63.7 Å². The number of nitrogens with one attached hydrogen (secondary N) is 1. The van der Waals surface area contributed by atoms with E-state index in [1.807, 2.05) is 18.2 Å². The van der Waals surface area contributed by atoms with Gasteiger partial charge in [-0.3, -0.25) is 4.79 Å². The average Bonchev–Trinajstić information content (AvgIpc) is 3.24. The van der Waals surface area contributed by atoms with Crippen LogP contribution in [0.2, 0.25) is 0 Å². The summed E-state index contributed by atoms with van der Waals surface area (Å²) in [4.78, 5) is 19.1. The number of benzene rings is 1. The second-order valence-electron chi connectivity index (χ2n) is 6.17. The number of hydrogen-bond acceptors (Lipinski definition) is 6. The molecule has 6 nitrogen and oxygen atoms in total. The summed E-state index contributed by atoms with van der Waals surface area (Å²) in [6.07, 6.45) is 2.53. The molecule has 0 spiro atoms. The van der Waals surface area contributed by atoms with Gasteiger partial charge in [0.1, 0.15) is 0 Å². The minimum absolute atomic E-state index is 0.0131. The lowest BCUT2D eigenvalue weighted by Gasteiger charge is -2.25. The largest absolute Gasteiger partial charge is 0.378 e. The van der Waals surface area contributed by atoms with Crippen LogP contribution in [0.5, 0.6) is 0 Å². The normalized spacial score (nSPS) is 21.3. The van der Waals surface area contributed by atoms with E-state index in [2.05, 4.69) is 10.2 Å². The molecular formula is C17H21N3O3S. The Kier molecular flexibility index (Phi) is 4.64. The number of rotatable bonds is 4. The molecule has 4 rings (SSSR count). The van der Waals surface area contributed by atoms with E-state index in [1.165, 1.54) is 0 Å². The number of thiazole rings is 1. The van der Waals surface area contributed by atoms with Gasteiger partial charge in [-0.05, 0) is 31.0 Å². The number of nitrogens with zero attached hydrogens (tertiary/aromatic N) is 2. The number of anilines is 2. The molecule has 1 aromatic carbocycles. The predicted octanol–water partition coefficient (Wildman–Crippen LogP) is 2.64. The lowest BCUT2D eigenvalue weighted by Crippen LogP contribution is -2.36. The Morgan fingerprint density at radius 3 is 3.00 bits per heavy atom. The van der Waals surface area contributed by atoms with Crippen LogP contribution in [0.25, 0.3) is 10.2 Å². The molecule has 0 radical (unpaired) electrons. The van der Waals surface area contributed by atoms with Crippen molar-refractivity contribution in [2.24, 2.45) is 0 Å². The molecule has 3 heterocycles. The van der Waals surface area contributed by atoms with Crippen LogP contribution in [0.1, 0.15) is 19.3 Å². The van der Waals surface area contributed by atoms with Gasteiger partial charge >= 0.3 is 0 Å². The molecule has 0 saturated carbocycles. The standard InChI is InChI=1S/C17H21N3O3S/c21-16(11-13-2-1-7-23-13)18-12-3-4-14-15(10-12)24-17(19-14)20-5-8-22-9-6-20/h3-4,10,13H,1-2,5-9,11H2,(H,18,21). The van der Waals surface area contributed by atoms with Crippen LogP contribution >= 0.6 is 11.3 Å². The molecule has 2 fully saturated rings. The van der Waals surface area contributed by atoms with Crippen molar-refractivity contribution in [3.63, 3.8) is 0 Å². The van der Waals surface area contributed by atoms with Crippen LogP contribution in [0.15, 0.2) is 18.2 Å². The number of carbonyl (C=O) groups excluding carboxylic acids is 1. The number of morpholine rings is 1. The van der Waals surface area contributed by atoms with Crippen LogP contribution in [0.4, 0.5) is 10.8 Å². The second-order valence-corrected chi connectivity index (χ2v) is 7.17. The summed E-state index contributed by atoms with van der Waals surface area (Å²) >= 11 is 1.66. The summed E-state index contributed by atoms with van der Waals surface area (Å²) < 4.78 is 12.0. The van der Waals surface area contributed by atoms with Crippen molar-refractivity contribution in [3.05, 3.63) is 18.2 Å². The van der Waals surface area contributed by atoms with E-state index in [1.54, 1.807) is 11.3 Å². The van der Waals surface area contributed by atoms with E-state index < -0.39 is 0 Å². The first kappa shape index (κ1) is 15.8. The van der Waals surface area contributed by atoms with Crippen LogP contribution in [-0.4, -0.2) is 49.9 Å². The maximum absolute atomic E-state index is 12.1. The molecule has 1 N–H and O–H groups in total. The first-order valence-corrected chi connectivity index (χ1v) is 9.24. The SMILES string of the molecule is O=C(CC1CCCO1)Nc1ccc2nc(N3CCOCC3)sc2c1. The molecule has 2 aliphatic rings. The van der Waals surface area contributed by atoms with Gasteiger partial charge in [-0.25, -0.2) is 4.98 Å². The molecule has 1 unspecified atom stereocenters. The van der Waals surface area contributed by atoms with Gasteiger partial charge in [-0.15, -0.1) is 0 Å². The van der Waals surface area contributed by atoms with E-state index in [0.29, 0.717) is 6.42 Å². The second kappa shape index (κ2) is 7.04. The predicted molar refractivity (Wildman–Crippen MR) is 94.9 cm³/mol. The molecule has 24 heavy (non-hydrogen) atoms. The van der Waals surface area contributed by atoms with E-state index in [4.69, 9.17) is 14.5 Å². The molecule has 0 aliphatic carbocycles. The number of hydrogen-bond donors (Lipinski definition) is 1. The summed E-state index contributed by atoms with van der Waals surface area (Å²) in [6, 6.07) is 5.89. The zero-order valence-corrected chi connectivity index (χ0v) is 14.3. The van der Waals surface area contributed by atoms with Crippen LogP contribution < -0.4 is 10.2 Å². The van der Waals surface area contributed by atoms with Crippen molar-refractivity contribution < 1.29 is 14.3 Å². The Bertz CT molecular complexity index is 721. The zero-order chi connectivity index (χ0) is 16.4. The van der Waals surface area contributed by atoms with E-state index in [9.17, 15) is 4.79 Å². The van der Waals surface area contributed by atoms with E-state index in [-0.39, 0.29) is 12.0 Å². The summed E-state index contributed by atoms with van der Waals surface area (Å²) in [5, 5.41) is 4.00. The highest BCUT2D eigenvalue weighted by molar-refractivity contribution is 7.22. The van der Waals surface area contributed by atoms with Crippen LogP contribution in [-0.2, 0) is 14.3 Å². The smallest absolute Gasteiger partial charge is 0.226 e. The molecule has 0 bridgehead atoms. The van der Waals surface area contributed by atoms with Gasteiger partial charge in [0.05, 0.1) is 36.0 Å². The average molecular weight is 347 g/mol. The lowest BCUT2D eigenvalue weighted by atomic mass is 10.2. The van der Waals surface area contributed by atoms with Crippen molar-refractivity contribution in [2.75, 3.05) is 43.1 Å².